The van der Waals surface area contributed by atoms with E-state index in [0.717, 1.165) is 18.1 Å². The first-order valence-electron chi connectivity index (χ1n) is 6.67. The van der Waals surface area contributed by atoms with Crippen LogP contribution in [-0.2, 0) is 6.54 Å². The molecule has 1 heterocycles. The molecule has 3 rings (SSSR count). The van der Waals surface area contributed by atoms with E-state index in [-0.39, 0.29) is 0 Å². The Kier molecular flexibility index (Phi) is 3.34. The van der Waals surface area contributed by atoms with Crippen LogP contribution in [0.1, 0.15) is 28.2 Å². The number of rotatable bonds is 1. The van der Waals surface area contributed by atoms with E-state index in [0.29, 0.717) is 5.92 Å². The van der Waals surface area contributed by atoms with E-state index in [1.54, 1.807) is 0 Å². The zero-order valence-electron chi connectivity index (χ0n) is 11.4. The summed E-state index contributed by atoms with van der Waals surface area (Å²) in [6.07, 6.45) is 0. The Hall–Kier alpha value is -1.31. The first kappa shape index (κ1) is 12.7. The molecule has 0 fully saturated rings. The highest BCUT2D eigenvalue weighted by molar-refractivity contribution is 6.30. The highest BCUT2D eigenvalue weighted by Crippen LogP contribution is 2.34. The summed E-state index contributed by atoms with van der Waals surface area (Å²) in [6.45, 7) is 4.32. The molecule has 0 bridgehead atoms. The number of hydrogen-bond acceptors (Lipinski definition) is 1. The van der Waals surface area contributed by atoms with Crippen molar-refractivity contribution in [3.8, 4) is 0 Å². The van der Waals surface area contributed by atoms with Crippen LogP contribution in [0.15, 0.2) is 42.5 Å². The van der Waals surface area contributed by atoms with Gasteiger partial charge in [-0.1, -0.05) is 41.9 Å². The van der Waals surface area contributed by atoms with Crippen LogP contribution in [0.2, 0.25) is 5.02 Å². The zero-order valence-corrected chi connectivity index (χ0v) is 12.1. The Morgan fingerprint density at radius 3 is 2.58 bits per heavy atom. The van der Waals surface area contributed by atoms with Crippen molar-refractivity contribution in [3.63, 3.8) is 0 Å². The van der Waals surface area contributed by atoms with E-state index < -0.39 is 0 Å². The highest BCUT2D eigenvalue weighted by atomic mass is 35.5. The van der Waals surface area contributed by atoms with Crippen molar-refractivity contribution in [2.45, 2.75) is 19.4 Å². The first-order valence-corrected chi connectivity index (χ1v) is 7.05. The second-order valence-electron chi connectivity index (χ2n) is 5.44. The number of halogens is 1. The molecular weight excluding hydrogens is 254 g/mol. The highest BCUT2D eigenvalue weighted by Gasteiger charge is 2.25. The molecule has 98 valence electrons. The van der Waals surface area contributed by atoms with Crippen LogP contribution >= 0.6 is 11.6 Å². The van der Waals surface area contributed by atoms with E-state index in [4.69, 9.17) is 11.6 Å². The van der Waals surface area contributed by atoms with Crippen LogP contribution in [0.25, 0.3) is 0 Å². The molecule has 2 aromatic carbocycles. The Bertz CT molecular complexity index is 589. The second-order valence-corrected chi connectivity index (χ2v) is 5.88. The molecule has 1 nitrogen and oxygen atoms in total. The molecule has 0 saturated heterocycles. The summed E-state index contributed by atoms with van der Waals surface area (Å²) >= 11 is 5.99. The second kappa shape index (κ2) is 4.99. The van der Waals surface area contributed by atoms with Gasteiger partial charge in [0.25, 0.3) is 0 Å². The summed E-state index contributed by atoms with van der Waals surface area (Å²) < 4.78 is 0. The summed E-state index contributed by atoms with van der Waals surface area (Å²) in [4.78, 5) is 2.40. The first-order chi connectivity index (χ1) is 9.15. The third kappa shape index (κ3) is 2.41. The number of benzene rings is 2. The average Bonchev–Trinajstić information content (AvgIpc) is 2.40. The number of nitrogens with zero attached hydrogens (tertiary/aromatic N) is 1. The molecule has 2 heteroatoms. The maximum Gasteiger partial charge on any atom is 0.0406 e. The van der Waals surface area contributed by atoms with E-state index in [2.05, 4.69) is 49.2 Å². The van der Waals surface area contributed by atoms with Crippen molar-refractivity contribution in [1.29, 1.82) is 0 Å². The maximum atomic E-state index is 5.99. The number of hydrogen-bond donors (Lipinski definition) is 0. The minimum atomic E-state index is 0.450. The van der Waals surface area contributed by atoms with Gasteiger partial charge in [0, 0.05) is 24.0 Å². The largest absolute Gasteiger partial charge is 0.301 e. The van der Waals surface area contributed by atoms with Gasteiger partial charge in [-0.15, -0.1) is 0 Å². The summed E-state index contributed by atoms with van der Waals surface area (Å²) in [5, 5.41) is 0.803. The standard InChI is InChI=1S/C17H18ClN/c1-12-4-3-5-15-16(12)10-19(2)11-17(15)13-6-8-14(18)9-7-13/h3-9,17H,10-11H2,1-2H3. The zero-order chi connectivity index (χ0) is 13.4. The number of aryl methyl sites for hydroxylation is 1. The number of fused-ring (bicyclic) bond motifs is 1. The minimum absolute atomic E-state index is 0.450. The van der Waals surface area contributed by atoms with Gasteiger partial charge in [0.2, 0.25) is 0 Å². The quantitative estimate of drug-likeness (QED) is 0.750. The van der Waals surface area contributed by atoms with Crippen LogP contribution in [0.3, 0.4) is 0 Å². The molecule has 0 amide bonds. The summed E-state index contributed by atoms with van der Waals surface area (Å²) in [7, 11) is 2.19. The third-order valence-electron chi connectivity index (χ3n) is 4.02. The van der Waals surface area contributed by atoms with Crippen molar-refractivity contribution in [2.75, 3.05) is 13.6 Å². The van der Waals surface area contributed by atoms with Crippen molar-refractivity contribution in [3.05, 3.63) is 69.7 Å². The predicted octanol–water partition coefficient (Wildman–Crippen LogP) is 4.23. The SMILES string of the molecule is Cc1cccc2c1CN(C)CC2c1ccc(Cl)cc1. The van der Waals surface area contributed by atoms with Gasteiger partial charge >= 0.3 is 0 Å². The van der Waals surface area contributed by atoms with Gasteiger partial charge in [-0.2, -0.15) is 0 Å². The van der Waals surface area contributed by atoms with Crippen LogP contribution < -0.4 is 0 Å². The molecule has 1 atom stereocenters. The minimum Gasteiger partial charge on any atom is -0.301 e. The van der Waals surface area contributed by atoms with Gasteiger partial charge in [0.1, 0.15) is 0 Å². The van der Waals surface area contributed by atoms with E-state index in [1.807, 2.05) is 12.1 Å². The fraction of sp³-hybridized carbons (Fsp3) is 0.294. The lowest BCUT2D eigenvalue weighted by atomic mass is 9.83. The van der Waals surface area contributed by atoms with Gasteiger partial charge < -0.3 is 4.90 Å². The van der Waals surface area contributed by atoms with Crippen molar-refractivity contribution < 1.29 is 0 Å². The molecule has 2 aromatic rings. The van der Waals surface area contributed by atoms with Crippen molar-refractivity contribution in [2.24, 2.45) is 0 Å². The molecule has 0 N–H and O–H groups in total. The molecule has 0 radical (unpaired) electrons. The Labute approximate surface area is 119 Å². The Morgan fingerprint density at radius 2 is 1.84 bits per heavy atom. The van der Waals surface area contributed by atoms with E-state index in [9.17, 15) is 0 Å². The Morgan fingerprint density at radius 1 is 1.11 bits per heavy atom. The molecular formula is C17H18ClN. The summed E-state index contributed by atoms with van der Waals surface area (Å²) in [5.74, 6) is 0.450. The predicted molar refractivity (Wildman–Crippen MR) is 80.8 cm³/mol. The molecule has 0 spiro atoms. The molecule has 0 aromatic heterocycles. The lowest BCUT2D eigenvalue weighted by Gasteiger charge is -2.33. The van der Waals surface area contributed by atoms with Gasteiger partial charge in [0.15, 0.2) is 0 Å². The maximum absolute atomic E-state index is 5.99. The molecule has 1 aliphatic heterocycles. The fourth-order valence-corrected chi connectivity index (χ4v) is 3.12. The molecule has 1 unspecified atom stereocenters. The average molecular weight is 272 g/mol. The van der Waals surface area contributed by atoms with E-state index >= 15 is 0 Å². The summed E-state index contributed by atoms with van der Waals surface area (Å²) in [5.41, 5.74) is 5.70. The van der Waals surface area contributed by atoms with Crippen LogP contribution in [-0.4, -0.2) is 18.5 Å². The normalized spacial score (nSPS) is 19.2. The lowest BCUT2D eigenvalue weighted by Crippen LogP contribution is -2.31. The van der Waals surface area contributed by atoms with Gasteiger partial charge in [-0.05, 0) is 48.4 Å². The van der Waals surface area contributed by atoms with Crippen LogP contribution in [0, 0.1) is 6.92 Å². The van der Waals surface area contributed by atoms with Crippen LogP contribution in [0.4, 0.5) is 0 Å². The number of likely N-dealkylation sites (N-methyl/N-ethyl adjacent to an activating group) is 1. The van der Waals surface area contributed by atoms with Crippen molar-refractivity contribution in [1.82, 2.24) is 4.90 Å². The monoisotopic (exact) mass is 271 g/mol. The summed E-state index contributed by atoms with van der Waals surface area (Å²) in [6, 6.07) is 14.9. The molecule has 0 aliphatic carbocycles. The van der Waals surface area contributed by atoms with Gasteiger partial charge in [0.05, 0.1) is 0 Å². The lowest BCUT2D eigenvalue weighted by molar-refractivity contribution is 0.294. The Balaban J connectivity index is 2.08. The molecule has 1 aliphatic rings. The topological polar surface area (TPSA) is 3.24 Å². The third-order valence-corrected chi connectivity index (χ3v) is 4.27. The molecule has 0 saturated carbocycles. The van der Waals surface area contributed by atoms with Gasteiger partial charge in [-0.3, -0.25) is 0 Å². The fourth-order valence-electron chi connectivity index (χ4n) is 2.99. The van der Waals surface area contributed by atoms with Gasteiger partial charge in [-0.25, -0.2) is 0 Å². The van der Waals surface area contributed by atoms with Crippen LogP contribution in [0.5, 0.6) is 0 Å². The smallest absolute Gasteiger partial charge is 0.0406 e. The van der Waals surface area contributed by atoms with Crippen molar-refractivity contribution >= 4 is 11.6 Å². The van der Waals surface area contributed by atoms with E-state index in [1.165, 1.54) is 22.3 Å². The molecule has 19 heavy (non-hydrogen) atoms.